The highest BCUT2D eigenvalue weighted by Gasteiger charge is 2.44. The number of aromatic amines is 1. The molecule has 114 valence electrons. The fourth-order valence-corrected chi connectivity index (χ4v) is 3.94. The summed E-state index contributed by atoms with van der Waals surface area (Å²) in [5, 5.41) is 4.54. The van der Waals surface area contributed by atoms with E-state index >= 15 is 0 Å². The molecule has 2 N–H and O–H groups in total. The lowest BCUT2D eigenvalue weighted by atomic mass is 9.97. The van der Waals surface area contributed by atoms with E-state index in [0.717, 1.165) is 42.5 Å². The predicted octanol–water partition coefficient (Wildman–Crippen LogP) is 2.08. The minimum atomic E-state index is 0.0495. The highest BCUT2D eigenvalue weighted by Crippen LogP contribution is 2.37. The van der Waals surface area contributed by atoms with E-state index in [1.54, 1.807) is 6.33 Å². The van der Waals surface area contributed by atoms with Gasteiger partial charge in [-0.2, -0.15) is 0 Å². The number of hydrogen-bond acceptors (Lipinski definition) is 4. The zero-order valence-corrected chi connectivity index (χ0v) is 12.3. The Bertz CT molecular complexity index is 724. The first-order chi connectivity index (χ1) is 10.8. The second-order valence-electron chi connectivity index (χ2n) is 6.04. The molecule has 0 unspecified atom stereocenters. The fraction of sp³-hybridized carbons (Fsp3) is 0.438. The van der Waals surface area contributed by atoms with Crippen molar-refractivity contribution < 1.29 is 4.79 Å². The molecular formula is C16H19N5O. The third-order valence-corrected chi connectivity index (χ3v) is 4.93. The van der Waals surface area contributed by atoms with E-state index in [1.807, 2.05) is 17.2 Å². The predicted molar refractivity (Wildman–Crippen MR) is 84.4 cm³/mol. The number of H-pyrrole nitrogens is 1. The number of anilines is 1. The van der Waals surface area contributed by atoms with E-state index < -0.39 is 0 Å². The summed E-state index contributed by atoms with van der Waals surface area (Å²) in [6.45, 7) is 3.64. The molecule has 0 spiro atoms. The molecule has 6 nitrogen and oxygen atoms in total. The van der Waals surface area contributed by atoms with Crippen molar-refractivity contribution in [3.63, 3.8) is 0 Å². The normalized spacial score (nSPS) is 27.1. The number of rotatable bonds is 3. The van der Waals surface area contributed by atoms with Crippen LogP contribution in [0.2, 0.25) is 0 Å². The van der Waals surface area contributed by atoms with Crippen LogP contribution < -0.4 is 5.32 Å². The lowest BCUT2D eigenvalue weighted by Gasteiger charge is -2.40. The van der Waals surface area contributed by atoms with E-state index in [9.17, 15) is 4.79 Å². The number of piperidine rings is 1. The first kappa shape index (κ1) is 13.3. The lowest BCUT2D eigenvalue weighted by Crippen LogP contribution is -2.52. The summed E-state index contributed by atoms with van der Waals surface area (Å²) in [6.07, 6.45) is 9.09. The number of aromatic nitrogens is 3. The Balaban J connectivity index is 1.62. The Morgan fingerprint density at radius 3 is 3.09 bits per heavy atom. The van der Waals surface area contributed by atoms with Gasteiger partial charge in [0.1, 0.15) is 17.8 Å². The van der Waals surface area contributed by atoms with E-state index in [4.69, 9.17) is 0 Å². The summed E-state index contributed by atoms with van der Waals surface area (Å²) in [5.74, 6) is 0.890. The fourth-order valence-electron chi connectivity index (χ4n) is 3.94. The third-order valence-electron chi connectivity index (χ3n) is 4.93. The molecule has 0 aromatic carbocycles. The summed E-state index contributed by atoms with van der Waals surface area (Å²) in [5.41, 5.74) is 0.830. The average molecular weight is 297 g/mol. The topological polar surface area (TPSA) is 73.9 Å². The van der Waals surface area contributed by atoms with Crippen LogP contribution in [0.4, 0.5) is 5.82 Å². The molecule has 0 saturated carbocycles. The number of amides is 1. The Labute approximate surface area is 128 Å². The van der Waals surface area contributed by atoms with Crippen LogP contribution in [-0.2, 0) is 4.79 Å². The molecule has 1 amide bonds. The summed E-state index contributed by atoms with van der Waals surface area (Å²) >= 11 is 0. The summed E-state index contributed by atoms with van der Waals surface area (Å²) in [4.78, 5) is 25.9. The van der Waals surface area contributed by atoms with Crippen LogP contribution in [0.5, 0.6) is 0 Å². The minimum Gasteiger partial charge on any atom is -0.365 e. The monoisotopic (exact) mass is 297 g/mol. The SMILES string of the molecule is C=CC(=O)N1[C@@H]2CC[C@@H]1[C@H](Nc1ncnc3[nH]ccc13)CC2. The molecule has 22 heavy (non-hydrogen) atoms. The number of hydrogen-bond donors (Lipinski definition) is 2. The Kier molecular flexibility index (Phi) is 3.10. The molecule has 4 heterocycles. The first-order valence-corrected chi connectivity index (χ1v) is 7.77. The van der Waals surface area contributed by atoms with Crippen molar-refractivity contribution in [3.05, 3.63) is 31.2 Å². The van der Waals surface area contributed by atoms with Gasteiger partial charge in [-0.05, 0) is 37.8 Å². The number of nitrogens with one attached hydrogen (secondary N) is 2. The number of nitrogens with zero attached hydrogens (tertiary/aromatic N) is 3. The maximum Gasteiger partial charge on any atom is 0.246 e. The van der Waals surface area contributed by atoms with Crippen molar-refractivity contribution >= 4 is 22.8 Å². The molecule has 6 heteroatoms. The van der Waals surface area contributed by atoms with Crippen LogP contribution in [-0.4, -0.2) is 43.9 Å². The molecule has 2 aromatic rings. The average Bonchev–Trinajstić information content (AvgIpc) is 3.13. The van der Waals surface area contributed by atoms with E-state index in [1.165, 1.54) is 6.08 Å². The highest BCUT2D eigenvalue weighted by atomic mass is 16.2. The van der Waals surface area contributed by atoms with Gasteiger partial charge in [-0.25, -0.2) is 9.97 Å². The maximum absolute atomic E-state index is 12.1. The molecule has 0 radical (unpaired) electrons. The van der Waals surface area contributed by atoms with Gasteiger partial charge in [0.05, 0.1) is 11.4 Å². The second kappa shape index (κ2) is 5.12. The van der Waals surface area contributed by atoms with Crippen LogP contribution in [0.15, 0.2) is 31.2 Å². The van der Waals surface area contributed by atoms with Crippen LogP contribution >= 0.6 is 0 Å². The Morgan fingerprint density at radius 2 is 2.23 bits per heavy atom. The number of carbonyl (C=O) groups is 1. The van der Waals surface area contributed by atoms with Gasteiger partial charge >= 0.3 is 0 Å². The van der Waals surface area contributed by atoms with Gasteiger partial charge in [0.2, 0.25) is 5.91 Å². The Morgan fingerprint density at radius 1 is 1.36 bits per heavy atom. The first-order valence-electron chi connectivity index (χ1n) is 7.77. The quantitative estimate of drug-likeness (QED) is 0.851. The van der Waals surface area contributed by atoms with Crippen molar-refractivity contribution in [3.8, 4) is 0 Å². The van der Waals surface area contributed by atoms with Gasteiger partial charge in [-0.15, -0.1) is 0 Å². The summed E-state index contributed by atoms with van der Waals surface area (Å²) in [7, 11) is 0. The molecular weight excluding hydrogens is 278 g/mol. The highest BCUT2D eigenvalue weighted by molar-refractivity contribution is 5.88. The lowest BCUT2D eigenvalue weighted by molar-refractivity contribution is -0.130. The molecule has 3 atom stereocenters. The third kappa shape index (κ3) is 1.98. The zero-order chi connectivity index (χ0) is 15.1. The number of fused-ring (bicyclic) bond motifs is 3. The number of carbonyl (C=O) groups excluding carboxylic acids is 1. The molecule has 2 aliphatic rings. The van der Waals surface area contributed by atoms with E-state index in [0.29, 0.717) is 6.04 Å². The molecule has 2 fully saturated rings. The summed E-state index contributed by atoms with van der Waals surface area (Å²) < 4.78 is 0. The second-order valence-corrected chi connectivity index (χ2v) is 6.04. The smallest absolute Gasteiger partial charge is 0.246 e. The molecule has 2 aliphatic heterocycles. The van der Waals surface area contributed by atoms with Crippen LogP contribution in [0.3, 0.4) is 0 Å². The summed E-state index contributed by atoms with van der Waals surface area (Å²) in [6, 6.07) is 2.82. The van der Waals surface area contributed by atoms with Gasteiger partial charge in [0.25, 0.3) is 0 Å². The van der Waals surface area contributed by atoms with Gasteiger partial charge in [0, 0.05) is 18.3 Å². The van der Waals surface area contributed by atoms with Gasteiger partial charge in [0.15, 0.2) is 0 Å². The molecule has 2 saturated heterocycles. The molecule has 2 aromatic heterocycles. The van der Waals surface area contributed by atoms with Crippen LogP contribution in [0.1, 0.15) is 25.7 Å². The van der Waals surface area contributed by atoms with Gasteiger partial charge < -0.3 is 15.2 Å². The molecule has 2 bridgehead atoms. The van der Waals surface area contributed by atoms with Crippen molar-refractivity contribution in [2.75, 3.05) is 5.32 Å². The van der Waals surface area contributed by atoms with Gasteiger partial charge in [-0.3, -0.25) is 4.79 Å². The molecule has 0 aliphatic carbocycles. The van der Waals surface area contributed by atoms with Crippen molar-refractivity contribution in [2.24, 2.45) is 0 Å². The van der Waals surface area contributed by atoms with Crippen LogP contribution in [0.25, 0.3) is 11.0 Å². The Hall–Kier alpha value is -2.37. The largest absolute Gasteiger partial charge is 0.365 e. The standard InChI is InChI=1S/C16H19N5O/c1-2-14(22)21-10-3-5-12(13(21)6-4-10)20-16-11-7-8-17-15(11)18-9-19-16/h2,7-10,12-13H,1,3-6H2,(H2,17,18,19,20)/t10-,12+,13+/m0/s1. The van der Waals surface area contributed by atoms with Crippen LogP contribution in [0, 0.1) is 0 Å². The maximum atomic E-state index is 12.1. The van der Waals surface area contributed by atoms with E-state index in [2.05, 4.69) is 26.8 Å². The van der Waals surface area contributed by atoms with Crippen molar-refractivity contribution in [1.29, 1.82) is 0 Å². The molecule has 4 rings (SSSR count). The van der Waals surface area contributed by atoms with Gasteiger partial charge in [-0.1, -0.05) is 6.58 Å². The van der Waals surface area contributed by atoms with Crippen molar-refractivity contribution in [2.45, 2.75) is 43.8 Å². The van der Waals surface area contributed by atoms with Crippen molar-refractivity contribution in [1.82, 2.24) is 19.9 Å². The zero-order valence-electron chi connectivity index (χ0n) is 12.3. The minimum absolute atomic E-state index is 0.0495. The van der Waals surface area contributed by atoms with E-state index in [-0.39, 0.29) is 18.0 Å².